The first-order chi connectivity index (χ1) is 19.7. The second-order valence-electron chi connectivity index (χ2n) is 13.3. The SMILES string of the molecule is CCN1C2=C(C(=O)CC(C)(C)C2)C(c2cc(Br)cc(Br)c2OCC(=O)Nc2ccc(C)cc2)C2=C1CC(C)(C)CC2=O. The fraction of sp³-hybridized carbons (Fsp3) is 0.441. The molecule has 0 saturated carbocycles. The zero-order chi connectivity index (χ0) is 30.6. The van der Waals surface area contributed by atoms with Gasteiger partial charge in [0.25, 0.3) is 5.91 Å². The van der Waals surface area contributed by atoms with Crippen LogP contribution in [0.3, 0.4) is 0 Å². The van der Waals surface area contributed by atoms with E-state index in [4.69, 9.17) is 4.74 Å². The summed E-state index contributed by atoms with van der Waals surface area (Å²) in [7, 11) is 0. The highest BCUT2D eigenvalue weighted by Gasteiger charge is 2.49. The first kappa shape index (κ1) is 30.7. The van der Waals surface area contributed by atoms with Crippen molar-refractivity contribution >= 4 is 55.0 Å². The minimum atomic E-state index is -0.575. The first-order valence-electron chi connectivity index (χ1n) is 14.5. The highest BCUT2D eigenvalue weighted by atomic mass is 79.9. The van der Waals surface area contributed by atoms with E-state index in [1.54, 1.807) is 0 Å². The fourth-order valence-electron chi connectivity index (χ4n) is 6.66. The molecule has 0 aromatic heterocycles. The van der Waals surface area contributed by atoms with Crippen molar-refractivity contribution in [1.29, 1.82) is 0 Å². The van der Waals surface area contributed by atoms with Crippen LogP contribution in [-0.4, -0.2) is 35.5 Å². The van der Waals surface area contributed by atoms with Crippen molar-refractivity contribution in [3.63, 3.8) is 0 Å². The third kappa shape index (κ3) is 6.02. The van der Waals surface area contributed by atoms with Crippen LogP contribution in [0.5, 0.6) is 5.75 Å². The van der Waals surface area contributed by atoms with Crippen molar-refractivity contribution in [2.45, 2.75) is 73.1 Å². The molecule has 1 aliphatic heterocycles. The Morgan fingerprint density at radius 2 is 1.48 bits per heavy atom. The Hall–Kier alpha value is -2.71. The van der Waals surface area contributed by atoms with Crippen molar-refractivity contribution in [2.75, 3.05) is 18.5 Å². The second-order valence-corrected chi connectivity index (χ2v) is 15.1. The number of Topliss-reactive ketones (excluding diaryl/α,β-unsaturated/α-hetero) is 2. The van der Waals surface area contributed by atoms with Gasteiger partial charge in [-0.15, -0.1) is 0 Å². The molecule has 1 heterocycles. The van der Waals surface area contributed by atoms with E-state index in [0.29, 0.717) is 52.0 Å². The topological polar surface area (TPSA) is 75.7 Å². The van der Waals surface area contributed by atoms with Crippen LogP contribution in [0.15, 0.2) is 67.9 Å². The van der Waals surface area contributed by atoms with E-state index in [-0.39, 0.29) is 34.9 Å². The number of nitrogens with one attached hydrogen (secondary N) is 1. The van der Waals surface area contributed by atoms with Gasteiger partial charge in [0.2, 0.25) is 0 Å². The summed E-state index contributed by atoms with van der Waals surface area (Å²) in [6.07, 6.45) is 2.31. The van der Waals surface area contributed by atoms with E-state index < -0.39 is 5.92 Å². The van der Waals surface area contributed by atoms with Crippen LogP contribution in [0.4, 0.5) is 5.69 Å². The lowest BCUT2D eigenvalue weighted by Crippen LogP contribution is -2.44. The molecule has 0 saturated heterocycles. The molecule has 0 bridgehead atoms. The molecule has 0 spiro atoms. The minimum Gasteiger partial charge on any atom is -0.482 e. The number of hydrogen-bond donors (Lipinski definition) is 1. The summed E-state index contributed by atoms with van der Waals surface area (Å²) >= 11 is 7.29. The van der Waals surface area contributed by atoms with E-state index >= 15 is 0 Å². The molecule has 2 aromatic rings. The number of nitrogens with zero attached hydrogens (tertiary/aromatic N) is 1. The largest absolute Gasteiger partial charge is 0.482 e. The predicted octanol–water partition coefficient (Wildman–Crippen LogP) is 8.24. The molecule has 3 aliphatic rings. The number of halogens is 2. The van der Waals surface area contributed by atoms with Gasteiger partial charge >= 0.3 is 0 Å². The maximum Gasteiger partial charge on any atom is 0.262 e. The first-order valence-corrected chi connectivity index (χ1v) is 16.1. The number of ketones is 2. The Labute approximate surface area is 265 Å². The molecule has 0 radical (unpaired) electrons. The normalized spacial score (nSPS) is 20.0. The third-order valence-electron chi connectivity index (χ3n) is 8.37. The number of amides is 1. The highest BCUT2D eigenvalue weighted by Crippen LogP contribution is 2.56. The smallest absolute Gasteiger partial charge is 0.262 e. The highest BCUT2D eigenvalue weighted by molar-refractivity contribution is 9.11. The minimum absolute atomic E-state index is 0.0630. The molecule has 222 valence electrons. The van der Waals surface area contributed by atoms with E-state index in [1.807, 2.05) is 43.3 Å². The molecule has 42 heavy (non-hydrogen) atoms. The van der Waals surface area contributed by atoms with Crippen LogP contribution >= 0.6 is 31.9 Å². The molecule has 0 atom stereocenters. The quantitative estimate of drug-likeness (QED) is 0.329. The monoisotopic (exact) mass is 696 g/mol. The molecule has 2 aliphatic carbocycles. The molecular formula is C34H38Br2N2O4. The molecular weight excluding hydrogens is 660 g/mol. The van der Waals surface area contributed by atoms with E-state index in [0.717, 1.165) is 34.3 Å². The van der Waals surface area contributed by atoms with Gasteiger partial charge in [0.15, 0.2) is 18.2 Å². The number of aryl methyl sites for hydroxylation is 1. The maximum atomic E-state index is 14.0. The van der Waals surface area contributed by atoms with Gasteiger partial charge in [-0.3, -0.25) is 14.4 Å². The van der Waals surface area contributed by atoms with E-state index in [9.17, 15) is 14.4 Å². The van der Waals surface area contributed by atoms with Crippen LogP contribution in [0.2, 0.25) is 0 Å². The molecule has 8 heteroatoms. The Morgan fingerprint density at radius 1 is 0.929 bits per heavy atom. The van der Waals surface area contributed by atoms with Gasteiger partial charge < -0.3 is 15.0 Å². The second kappa shape index (κ2) is 11.4. The Kier molecular flexibility index (Phi) is 8.36. The standard InChI is InChI=1S/C34H38Br2N2O4/c1-7-38-24-14-33(3,4)16-26(39)30(24)29(31-25(38)15-34(5,6)17-27(31)40)22-12-20(35)13-23(36)32(22)42-18-28(41)37-21-10-8-19(2)9-11-21/h8-13,29H,7,14-18H2,1-6H3,(H,37,41). The lowest BCUT2D eigenvalue weighted by molar-refractivity contribution is -0.120. The zero-order valence-corrected chi connectivity index (χ0v) is 28.3. The Morgan fingerprint density at radius 3 is 2.00 bits per heavy atom. The molecule has 0 unspecified atom stereocenters. The fourth-order valence-corrected chi connectivity index (χ4v) is 8.03. The van der Waals surface area contributed by atoms with Crippen molar-refractivity contribution in [1.82, 2.24) is 4.90 Å². The van der Waals surface area contributed by atoms with Crippen molar-refractivity contribution in [3.8, 4) is 5.75 Å². The predicted molar refractivity (Wildman–Crippen MR) is 172 cm³/mol. The van der Waals surface area contributed by atoms with Gasteiger partial charge in [-0.1, -0.05) is 61.3 Å². The average Bonchev–Trinajstić information content (AvgIpc) is 2.86. The zero-order valence-electron chi connectivity index (χ0n) is 25.1. The maximum absolute atomic E-state index is 14.0. The van der Waals surface area contributed by atoms with Gasteiger partial charge in [-0.2, -0.15) is 0 Å². The van der Waals surface area contributed by atoms with Crippen LogP contribution in [0.25, 0.3) is 0 Å². The number of carbonyl (C=O) groups is 3. The van der Waals surface area contributed by atoms with E-state index in [2.05, 4.69) is 76.7 Å². The lowest BCUT2D eigenvalue weighted by atomic mass is 9.63. The molecule has 1 N–H and O–H groups in total. The summed E-state index contributed by atoms with van der Waals surface area (Å²) in [5.41, 5.74) is 5.49. The van der Waals surface area contributed by atoms with Gasteiger partial charge in [-0.25, -0.2) is 0 Å². The number of rotatable bonds is 6. The molecule has 5 rings (SSSR count). The Bertz CT molecular complexity index is 1480. The number of benzene rings is 2. The summed E-state index contributed by atoms with van der Waals surface area (Å²) in [5, 5.41) is 2.88. The Balaban J connectivity index is 1.62. The number of allylic oxidation sites excluding steroid dienone is 4. The van der Waals surface area contributed by atoms with Crippen LogP contribution in [0, 0.1) is 17.8 Å². The van der Waals surface area contributed by atoms with Crippen LogP contribution < -0.4 is 10.1 Å². The number of anilines is 1. The van der Waals surface area contributed by atoms with Crippen molar-refractivity contribution in [3.05, 3.63) is 79.0 Å². The molecule has 2 aromatic carbocycles. The van der Waals surface area contributed by atoms with Crippen LogP contribution in [0.1, 0.15) is 77.3 Å². The summed E-state index contributed by atoms with van der Waals surface area (Å²) in [6, 6.07) is 11.4. The molecule has 1 amide bonds. The summed E-state index contributed by atoms with van der Waals surface area (Å²) in [5.74, 6) is -0.289. The van der Waals surface area contributed by atoms with Gasteiger partial charge in [0.1, 0.15) is 5.75 Å². The third-order valence-corrected chi connectivity index (χ3v) is 9.42. The number of hydrogen-bond acceptors (Lipinski definition) is 5. The van der Waals surface area contributed by atoms with Crippen LogP contribution in [-0.2, 0) is 14.4 Å². The summed E-state index contributed by atoms with van der Waals surface area (Å²) < 4.78 is 7.67. The molecule has 0 fully saturated rings. The number of ether oxygens (including phenoxy) is 1. The molecule has 6 nitrogen and oxygen atoms in total. The van der Waals surface area contributed by atoms with Crippen molar-refractivity contribution in [2.24, 2.45) is 10.8 Å². The van der Waals surface area contributed by atoms with E-state index in [1.165, 1.54) is 0 Å². The van der Waals surface area contributed by atoms with Crippen molar-refractivity contribution < 1.29 is 19.1 Å². The lowest BCUT2D eigenvalue weighted by Gasteiger charge is -2.49. The van der Waals surface area contributed by atoms with Gasteiger partial charge in [-0.05, 0) is 77.7 Å². The van der Waals surface area contributed by atoms with Gasteiger partial charge in [0, 0.05) is 63.6 Å². The average molecular weight is 698 g/mol. The summed E-state index contributed by atoms with van der Waals surface area (Å²) in [4.78, 5) is 43.2. The number of carbonyl (C=O) groups excluding carboxylic acids is 3. The van der Waals surface area contributed by atoms with Gasteiger partial charge in [0.05, 0.1) is 4.47 Å². The summed E-state index contributed by atoms with van der Waals surface area (Å²) in [6.45, 7) is 13.1.